The van der Waals surface area contributed by atoms with E-state index in [1.807, 2.05) is 19.6 Å². The van der Waals surface area contributed by atoms with Gasteiger partial charge in [-0.1, -0.05) is 15.9 Å². The Morgan fingerprint density at radius 2 is 0.735 bits per heavy atom. The molecule has 0 spiro atoms. The Morgan fingerprint density at radius 3 is 0.964 bits per heavy atom. The van der Waals surface area contributed by atoms with Crippen LogP contribution in [0.4, 0.5) is 87.8 Å². The van der Waals surface area contributed by atoms with Gasteiger partial charge in [0.1, 0.15) is 46.5 Å². The fraction of sp³-hybridized carbons (Fsp3) is 0.106. The fourth-order valence-corrected chi connectivity index (χ4v) is 12.5. The standard InChI is InChI=1S/C18H8F7S.C12H6F4OS.C6H2BrF3.C6H2F3.C4H12O3SSi.CHF3O3S.BrH.2Mg.2H/c19-9-1-10(20)4-13(3-9)26(14-5-11(21)2-12(22)6-14)15-7-16(23)18(25)17(24)8-15;13-7-1-8(14)4-11(3-7)18(17)12-5-9(15)2-10(16)6-12;7-3-1-4(8)6(10)5(9)2-3;7-4-2-1-3-5(8)6(4)9;1-8(5,6)7-9(2,3)4;2-1(3,4)8(5,6)7;;;;;/h1-8H;1-6H;1-2H;2-3H;1-4H3;(H,5,6,7);1H;;;;/q+1;;;-1;;;;2*+2;2*-1/p-2. The minimum absolute atomic E-state index is 0. The van der Waals surface area contributed by atoms with Crippen molar-refractivity contribution in [2.75, 3.05) is 6.26 Å². The maximum atomic E-state index is 13.6. The van der Waals surface area contributed by atoms with Gasteiger partial charge in [-0.25, -0.2) is 86.9 Å². The van der Waals surface area contributed by atoms with Gasteiger partial charge in [0.25, 0.3) is 10.1 Å². The molecule has 0 aliphatic heterocycles. The number of alkyl halides is 3. The van der Waals surface area contributed by atoms with Gasteiger partial charge < -0.3 is 28.3 Å². The fourth-order valence-electron chi connectivity index (χ4n) is 5.17. The van der Waals surface area contributed by atoms with E-state index in [1.54, 1.807) is 0 Å². The van der Waals surface area contributed by atoms with Gasteiger partial charge >= 0.3 is 51.6 Å². The van der Waals surface area contributed by atoms with E-state index in [0.717, 1.165) is 79.1 Å². The number of rotatable bonds is 7. The molecule has 0 aliphatic carbocycles. The molecule has 0 radical (unpaired) electrons. The molecule has 83 heavy (non-hydrogen) atoms. The molecule has 0 saturated heterocycles. The van der Waals surface area contributed by atoms with Crippen molar-refractivity contribution in [1.82, 2.24) is 0 Å². The van der Waals surface area contributed by atoms with Crippen molar-refractivity contribution in [1.29, 1.82) is 0 Å². The molecular formula is C47H32Br2F20Mg2O7S4Si. The van der Waals surface area contributed by atoms with Gasteiger partial charge in [-0.3, -0.25) is 8.78 Å². The average molecular weight is 1450 g/mol. The van der Waals surface area contributed by atoms with Crippen LogP contribution in [-0.2, 0) is 45.8 Å². The van der Waals surface area contributed by atoms with Gasteiger partial charge in [0.2, 0.25) is 8.32 Å². The summed E-state index contributed by atoms with van der Waals surface area (Å²) in [6, 6.07) is 15.8. The first kappa shape index (κ1) is 81.2. The van der Waals surface area contributed by atoms with Crippen LogP contribution in [0.5, 0.6) is 0 Å². The number of hydrogen-bond acceptors (Lipinski definition) is 7. The third kappa shape index (κ3) is 28.9. The van der Waals surface area contributed by atoms with Crippen molar-refractivity contribution in [3.63, 3.8) is 0 Å². The third-order valence-electron chi connectivity index (χ3n) is 7.91. The maximum absolute atomic E-state index is 13.6. The van der Waals surface area contributed by atoms with Gasteiger partial charge in [0, 0.05) is 86.6 Å². The summed E-state index contributed by atoms with van der Waals surface area (Å²) >= 11 is 2.80. The minimum atomic E-state index is -6.09. The first-order chi connectivity index (χ1) is 36.5. The molecule has 0 aromatic heterocycles. The Morgan fingerprint density at radius 1 is 0.494 bits per heavy atom. The first-order valence-corrected chi connectivity index (χ1v) is 30.2. The van der Waals surface area contributed by atoms with E-state index in [-0.39, 0.29) is 94.9 Å². The molecule has 0 unspecified atom stereocenters. The van der Waals surface area contributed by atoms with Crippen molar-refractivity contribution in [2.24, 2.45) is 0 Å². The van der Waals surface area contributed by atoms with Gasteiger partial charge in [-0.05, 0) is 56.0 Å². The Kier molecular flexibility index (Phi) is 34.3. The molecule has 36 heteroatoms. The Bertz CT molecular complexity index is 3340. The molecule has 0 bridgehead atoms. The summed E-state index contributed by atoms with van der Waals surface area (Å²) in [5.74, 6) is -20.1. The summed E-state index contributed by atoms with van der Waals surface area (Å²) in [7, 11) is -14.9. The molecule has 7 rings (SSSR count). The van der Waals surface area contributed by atoms with E-state index in [9.17, 15) is 100 Å². The molecular weight excluding hydrogens is 1420 g/mol. The Hall–Kier alpha value is -3.83. The van der Waals surface area contributed by atoms with Crippen LogP contribution >= 0.6 is 15.9 Å². The molecule has 0 aliphatic rings. The van der Waals surface area contributed by atoms with E-state index in [0.29, 0.717) is 36.4 Å². The van der Waals surface area contributed by atoms with Crippen LogP contribution in [0.15, 0.2) is 138 Å². The zero-order chi connectivity index (χ0) is 61.6. The predicted molar refractivity (Wildman–Crippen MR) is 267 cm³/mol. The smallest absolute Gasteiger partial charge is 1.00 e. The van der Waals surface area contributed by atoms with Crippen molar-refractivity contribution in [3.05, 3.63) is 219 Å². The van der Waals surface area contributed by atoms with E-state index >= 15 is 0 Å². The third-order valence-corrected chi connectivity index (χ3v) is 15.6. The Balaban J connectivity index is -0.000000488. The molecule has 7 aromatic rings. The van der Waals surface area contributed by atoms with Gasteiger partial charge in [0.05, 0.1) is 33.8 Å². The van der Waals surface area contributed by atoms with E-state index in [2.05, 4.69) is 22.0 Å². The summed E-state index contributed by atoms with van der Waals surface area (Å²) in [6.07, 6.45) is 1.07. The Labute approximate surface area is 519 Å². The summed E-state index contributed by atoms with van der Waals surface area (Å²) in [5.41, 5.74) is -5.65. The van der Waals surface area contributed by atoms with E-state index < -0.39 is 155 Å². The average Bonchev–Trinajstić information content (AvgIpc) is 3.27. The van der Waals surface area contributed by atoms with Crippen LogP contribution in [0.3, 0.4) is 0 Å². The van der Waals surface area contributed by atoms with Crippen LogP contribution < -0.4 is 17.0 Å². The van der Waals surface area contributed by atoms with Gasteiger partial charge in [-0.15, -0.1) is 12.1 Å². The molecule has 0 heterocycles. The van der Waals surface area contributed by atoms with Crippen molar-refractivity contribution in [3.8, 4) is 0 Å². The minimum Gasteiger partial charge on any atom is -1.00 e. The van der Waals surface area contributed by atoms with Gasteiger partial charge in [-0.2, -0.15) is 19.2 Å². The second-order valence-electron chi connectivity index (χ2n) is 15.6. The molecule has 7 aromatic carbocycles. The normalized spacial score (nSPS) is 11.0. The summed E-state index contributed by atoms with van der Waals surface area (Å²) in [5, 5.41) is 0. The van der Waals surface area contributed by atoms with Crippen LogP contribution in [0, 0.1) is 105 Å². The van der Waals surface area contributed by atoms with Crippen LogP contribution in [0.25, 0.3) is 0 Å². The molecule has 0 saturated carbocycles. The quantitative estimate of drug-likeness (QED) is 0.0228. The zero-order valence-electron chi connectivity index (χ0n) is 43.6. The molecule has 0 fully saturated rings. The molecule has 448 valence electrons. The summed E-state index contributed by atoms with van der Waals surface area (Å²) in [4.78, 5) is -0.887. The molecule has 7 nitrogen and oxygen atoms in total. The summed E-state index contributed by atoms with van der Waals surface area (Å²) in [6.45, 7) is 5.48. The van der Waals surface area contributed by atoms with E-state index in [4.69, 9.17) is 16.8 Å². The van der Waals surface area contributed by atoms with Crippen molar-refractivity contribution < 1.29 is 137 Å². The SMILES string of the molecule is C[Si](C)(C)OS(C)(=O)=O.Fc1c[c-]cc(F)c1F.Fc1cc(Br)cc(F)c1F.Fc1cc(F)cc([S+](c2cc(F)cc(F)c2)c2cc(F)c(F)c(F)c2)c1.O=S(=O)([O-])C(F)(F)F.O=S(c1cc(F)cc(F)c1)c1cc(F)cc(F)c1.[Br-].[H-].[H-].[Mg+2].[Mg+2]. The maximum Gasteiger partial charge on any atom is 2.00 e. The van der Waals surface area contributed by atoms with Crippen molar-refractivity contribution >= 4 is 112 Å². The van der Waals surface area contributed by atoms with Crippen molar-refractivity contribution in [2.45, 2.75) is 49.6 Å². The zero-order valence-corrected chi connectivity index (χ0v) is 51.9. The predicted octanol–water partition coefficient (Wildman–Crippen LogP) is 11.3. The molecule has 0 atom stereocenters. The monoisotopic (exact) mass is 1450 g/mol. The van der Waals surface area contributed by atoms with Crippen LogP contribution in [-0.4, -0.2) is 91.8 Å². The number of hydrogen-bond donors (Lipinski definition) is 0. The second-order valence-corrected chi connectivity index (χ2v) is 27.7. The van der Waals surface area contributed by atoms with Gasteiger partial charge in [0.15, 0.2) is 59.7 Å². The van der Waals surface area contributed by atoms with Crippen LogP contribution in [0.2, 0.25) is 19.6 Å². The number of benzene rings is 7. The molecule has 0 amide bonds. The van der Waals surface area contributed by atoms with E-state index in [1.165, 1.54) is 0 Å². The second kappa shape index (κ2) is 35.1. The topological polar surface area (TPSA) is 118 Å². The summed E-state index contributed by atoms with van der Waals surface area (Å²) < 4.78 is 316. The largest absolute Gasteiger partial charge is 2.00 e. The van der Waals surface area contributed by atoms with Crippen LogP contribution in [0.1, 0.15) is 2.85 Å². The number of halogens is 22. The first-order valence-electron chi connectivity index (χ1n) is 20.4. The molecule has 0 N–H and O–H groups in total.